The molecule has 0 aromatic heterocycles. The molecule has 0 saturated carbocycles. The number of carbonyl (C=O) groups excluding carboxylic acids is 1. The zero-order valence-electron chi connectivity index (χ0n) is 9.43. The van der Waals surface area contributed by atoms with Gasteiger partial charge in [0, 0.05) is 16.7 Å². The number of halogens is 4. The monoisotopic (exact) mass is 369 g/mol. The van der Waals surface area contributed by atoms with Gasteiger partial charge in [-0.15, -0.1) is 0 Å². The molecule has 0 unspecified atom stereocenters. The Bertz CT molecular complexity index is 473. The van der Waals surface area contributed by atoms with Gasteiger partial charge >= 0.3 is 12.1 Å². The van der Waals surface area contributed by atoms with Gasteiger partial charge in [-0.05, 0) is 58.7 Å². The number of rotatable bonds is 0. The second-order valence-corrected chi connectivity index (χ2v) is 5.45. The third kappa shape index (κ3) is 2.96. The smallest absolute Gasteiger partial charge is 0.334 e. The molecule has 1 aromatic rings. The Morgan fingerprint density at radius 1 is 1.17 bits per heavy atom. The topological polar surface area (TPSA) is 20.3 Å². The second-order valence-electron chi connectivity index (χ2n) is 4.20. The molecule has 1 aliphatic heterocycles. The zero-order valence-corrected chi connectivity index (χ0v) is 11.6. The highest BCUT2D eigenvalue weighted by Crippen LogP contribution is 2.23. The van der Waals surface area contributed by atoms with E-state index >= 15 is 0 Å². The molecule has 2 nitrogen and oxygen atoms in total. The van der Waals surface area contributed by atoms with Gasteiger partial charge in [0.1, 0.15) is 0 Å². The van der Waals surface area contributed by atoms with Crippen LogP contribution in [-0.4, -0.2) is 30.1 Å². The van der Waals surface area contributed by atoms with E-state index in [1.54, 1.807) is 0 Å². The highest BCUT2D eigenvalue weighted by Gasteiger charge is 2.42. The standard InChI is InChI=1S/C12H11F3INO/c13-12(14,15)11(18)17-5-3-8-1-2-10(16)7-9(8)4-6-17/h1-2,7H,3-6H2. The first kappa shape index (κ1) is 13.6. The summed E-state index contributed by atoms with van der Waals surface area (Å²) in [6.45, 7) is 0.261. The molecular weight excluding hydrogens is 358 g/mol. The molecule has 2 rings (SSSR count). The number of fused-ring (bicyclic) bond motifs is 1. The Kier molecular flexibility index (Phi) is 3.84. The van der Waals surface area contributed by atoms with Crippen molar-refractivity contribution in [1.29, 1.82) is 0 Å². The Labute approximate surface area is 116 Å². The Morgan fingerprint density at radius 3 is 2.39 bits per heavy atom. The summed E-state index contributed by atoms with van der Waals surface area (Å²) < 4.78 is 38.2. The van der Waals surface area contributed by atoms with Crippen LogP contribution in [0.5, 0.6) is 0 Å². The Balaban J connectivity index is 2.15. The van der Waals surface area contributed by atoms with E-state index in [0.717, 1.165) is 19.6 Å². The first-order chi connectivity index (χ1) is 8.38. The summed E-state index contributed by atoms with van der Waals surface area (Å²) in [5.74, 6) is -1.73. The fraction of sp³-hybridized carbons (Fsp3) is 0.417. The molecule has 0 aliphatic carbocycles. The van der Waals surface area contributed by atoms with Crippen LogP contribution in [-0.2, 0) is 17.6 Å². The van der Waals surface area contributed by atoms with Gasteiger partial charge in [0.25, 0.3) is 0 Å². The maximum Gasteiger partial charge on any atom is 0.471 e. The van der Waals surface area contributed by atoms with E-state index in [1.165, 1.54) is 0 Å². The van der Waals surface area contributed by atoms with Crippen molar-refractivity contribution in [2.24, 2.45) is 0 Å². The lowest BCUT2D eigenvalue weighted by molar-refractivity contribution is -0.185. The first-order valence-corrected chi connectivity index (χ1v) is 6.59. The van der Waals surface area contributed by atoms with Crippen LogP contribution in [0.25, 0.3) is 0 Å². The van der Waals surface area contributed by atoms with Gasteiger partial charge in [-0.25, -0.2) is 0 Å². The molecule has 0 atom stereocenters. The van der Waals surface area contributed by atoms with Crippen molar-refractivity contribution in [3.63, 3.8) is 0 Å². The molecule has 0 N–H and O–H groups in total. The lowest BCUT2D eigenvalue weighted by Crippen LogP contribution is -2.42. The van der Waals surface area contributed by atoms with Crippen LogP contribution in [0.4, 0.5) is 13.2 Å². The van der Waals surface area contributed by atoms with Gasteiger partial charge in [0.15, 0.2) is 0 Å². The number of nitrogens with zero attached hydrogens (tertiary/aromatic N) is 1. The predicted octanol–water partition coefficient (Wildman–Crippen LogP) is 2.78. The van der Waals surface area contributed by atoms with E-state index in [0.29, 0.717) is 12.8 Å². The summed E-state index contributed by atoms with van der Waals surface area (Å²) in [6.07, 6.45) is -3.81. The SMILES string of the molecule is O=C(N1CCc2ccc(I)cc2CC1)C(F)(F)F. The minimum absolute atomic E-state index is 0.130. The molecule has 98 valence electrons. The quantitative estimate of drug-likeness (QED) is 0.645. The van der Waals surface area contributed by atoms with Gasteiger partial charge < -0.3 is 4.90 Å². The number of benzene rings is 1. The molecule has 1 heterocycles. The van der Waals surface area contributed by atoms with E-state index in [1.807, 2.05) is 18.2 Å². The Hall–Kier alpha value is -0.790. The van der Waals surface area contributed by atoms with Crippen LogP contribution in [0.2, 0.25) is 0 Å². The average Bonchev–Trinajstić information content (AvgIpc) is 2.48. The highest BCUT2D eigenvalue weighted by molar-refractivity contribution is 14.1. The third-order valence-electron chi connectivity index (χ3n) is 3.00. The van der Waals surface area contributed by atoms with E-state index in [-0.39, 0.29) is 13.1 Å². The van der Waals surface area contributed by atoms with Crippen LogP contribution in [0.1, 0.15) is 11.1 Å². The van der Waals surface area contributed by atoms with Crippen LogP contribution < -0.4 is 0 Å². The largest absolute Gasteiger partial charge is 0.471 e. The van der Waals surface area contributed by atoms with Crippen LogP contribution >= 0.6 is 22.6 Å². The summed E-state index contributed by atoms with van der Waals surface area (Å²) in [5, 5.41) is 0. The van der Waals surface area contributed by atoms with Gasteiger partial charge in [0.2, 0.25) is 0 Å². The van der Waals surface area contributed by atoms with Gasteiger partial charge in [0.05, 0.1) is 0 Å². The molecule has 0 fully saturated rings. The summed E-state index contributed by atoms with van der Waals surface area (Å²) in [6, 6.07) is 5.83. The van der Waals surface area contributed by atoms with Crippen LogP contribution in [0, 0.1) is 3.57 Å². The summed E-state index contributed by atoms with van der Waals surface area (Å²) in [7, 11) is 0. The fourth-order valence-corrected chi connectivity index (χ4v) is 2.63. The van der Waals surface area contributed by atoms with Crippen molar-refractivity contribution in [2.75, 3.05) is 13.1 Å². The minimum Gasteiger partial charge on any atom is -0.334 e. The molecule has 0 spiro atoms. The number of amides is 1. The Morgan fingerprint density at radius 2 is 1.78 bits per heavy atom. The molecule has 0 saturated heterocycles. The van der Waals surface area contributed by atoms with Gasteiger partial charge in [-0.1, -0.05) is 6.07 Å². The lowest BCUT2D eigenvalue weighted by atomic mass is 10.0. The predicted molar refractivity (Wildman–Crippen MR) is 69.2 cm³/mol. The highest BCUT2D eigenvalue weighted by atomic mass is 127. The van der Waals surface area contributed by atoms with Crippen molar-refractivity contribution in [1.82, 2.24) is 4.90 Å². The molecule has 1 aliphatic rings. The van der Waals surface area contributed by atoms with Crippen LogP contribution in [0.15, 0.2) is 18.2 Å². The minimum atomic E-state index is -4.77. The van der Waals surface area contributed by atoms with Crippen molar-refractivity contribution >= 4 is 28.5 Å². The van der Waals surface area contributed by atoms with E-state index in [4.69, 9.17) is 0 Å². The molecule has 1 amide bonds. The van der Waals surface area contributed by atoms with E-state index < -0.39 is 12.1 Å². The van der Waals surface area contributed by atoms with Gasteiger partial charge in [-0.2, -0.15) is 13.2 Å². The summed E-state index contributed by atoms with van der Waals surface area (Å²) in [4.78, 5) is 12.1. The molecule has 6 heteroatoms. The average molecular weight is 369 g/mol. The van der Waals surface area contributed by atoms with Crippen molar-refractivity contribution in [3.05, 3.63) is 32.9 Å². The first-order valence-electron chi connectivity index (χ1n) is 5.51. The summed E-state index contributed by atoms with van der Waals surface area (Å²) in [5.41, 5.74) is 2.08. The fourth-order valence-electron chi connectivity index (χ4n) is 2.08. The maximum atomic E-state index is 12.4. The summed E-state index contributed by atoms with van der Waals surface area (Å²) >= 11 is 2.17. The normalized spacial score (nSPS) is 16.1. The van der Waals surface area contributed by atoms with Crippen LogP contribution in [0.3, 0.4) is 0 Å². The molecular formula is C12H11F3INO. The molecule has 18 heavy (non-hydrogen) atoms. The second kappa shape index (κ2) is 5.07. The zero-order chi connectivity index (χ0) is 13.3. The lowest BCUT2D eigenvalue weighted by Gasteiger charge is -2.21. The number of carbonyl (C=O) groups is 1. The number of hydrogen-bond acceptors (Lipinski definition) is 1. The molecule has 1 aromatic carbocycles. The number of hydrogen-bond donors (Lipinski definition) is 0. The number of alkyl halides is 3. The van der Waals surface area contributed by atoms with Crippen molar-refractivity contribution in [3.8, 4) is 0 Å². The van der Waals surface area contributed by atoms with Crippen molar-refractivity contribution < 1.29 is 18.0 Å². The third-order valence-corrected chi connectivity index (χ3v) is 3.67. The molecule has 0 bridgehead atoms. The maximum absolute atomic E-state index is 12.4. The molecule has 0 radical (unpaired) electrons. The van der Waals surface area contributed by atoms with Crippen molar-refractivity contribution in [2.45, 2.75) is 19.0 Å². The van der Waals surface area contributed by atoms with E-state index in [2.05, 4.69) is 22.6 Å². The van der Waals surface area contributed by atoms with Gasteiger partial charge in [-0.3, -0.25) is 4.79 Å². The van der Waals surface area contributed by atoms with E-state index in [9.17, 15) is 18.0 Å².